The molecule has 4 heteroatoms. The molecule has 0 atom stereocenters. The predicted molar refractivity (Wildman–Crippen MR) is 260 cm³/mol. The lowest BCUT2D eigenvalue weighted by molar-refractivity contribution is 0.592. The molecule has 0 aliphatic carbocycles. The Morgan fingerprint density at radius 1 is 0.377 bits per heavy atom. The van der Waals surface area contributed by atoms with Gasteiger partial charge in [-0.3, -0.25) is 4.40 Å². The fourth-order valence-corrected chi connectivity index (χ4v) is 12.6. The Bertz CT molecular complexity index is 3970. The molecule has 284 valence electrons. The fourth-order valence-electron chi connectivity index (χ4n) is 9.92. The van der Waals surface area contributed by atoms with Gasteiger partial charge in [-0.25, -0.2) is 4.98 Å². The van der Waals surface area contributed by atoms with E-state index < -0.39 is 7.14 Å². The summed E-state index contributed by atoms with van der Waals surface area (Å²) >= 11 is 0. The van der Waals surface area contributed by atoms with Gasteiger partial charge in [0, 0.05) is 32.2 Å². The van der Waals surface area contributed by atoms with Crippen molar-refractivity contribution < 1.29 is 4.57 Å². The number of pyridine rings is 1. The molecule has 0 saturated heterocycles. The Morgan fingerprint density at radius 2 is 0.885 bits per heavy atom. The van der Waals surface area contributed by atoms with Gasteiger partial charge in [-0.05, 0) is 107 Å². The molecule has 0 N–H and O–H groups in total. The molecule has 0 fully saturated rings. The van der Waals surface area contributed by atoms with Crippen molar-refractivity contribution in [3.8, 4) is 11.1 Å². The van der Waals surface area contributed by atoms with Crippen molar-refractivity contribution in [1.29, 1.82) is 0 Å². The second kappa shape index (κ2) is 13.0. The Kier molecular flexibility index (Phi) is 7.29. The zero-order valence-electron chi connectivity index (χ0n) is 33.0. The van der Waals surface area contributed by atoms with E-state index in [4.69, 9.17) is 4.98 Å². The lowest BCUT2D eigenvalue weighted by Crippen LogP contribution is -2.25. The fraction of sp³-hybridized carbons (Fsp3) is 0. The first-order valence-electron chi connectivity index (χ1n) is 20.8. The third kappa shape index (κ3) is 5.11. The third-order valence-corrected chi connectivity index (χ3v) is 15.9. The van der Waals surface area contributed by atoms with E-state index in [1.54, 1.807) is 0 Å². The Labute approximate surface area is 351 Å². The minimum Gasteiger partial charge on any atom is -0.309 e. The van der Waals surface area contributed by atoms with Gasteiger partial charge in [-0.15, -0.1) is 0 Å². The van der Waals surface area contributed by atoms with Crippen LogP contribution in [0, 0.1) is 0 Å². The molecular weight excluding hydrogens is 760 g/mol. The van der Waals surface area contributed by atoms with Crippen LogP contribution in [0.5, 0.6) is 0 Å². The smallest absolute Gasteiger partial charge is 0.171 e. The number of rotatable bonds is 4. The molecule has 0 radical (unpaired) electrons. The van der Waals surface area contributed by atoms with Crippen molar-refractivity contribution in [2.45, 2.75) is 0 Å². The highest BCUT2D eigenvalue weighted by atomic mass is 31.2. The highest BCUT2D eigenvalue weighted by Gasteiger charge is 2.31. The molecule has 2 heterocycles. The van der Waals surface area contributed by atoms with E-state index in [1.165, 1.54) is 32.3 Å². The van der Waals surface area contributed by atoms with Crippen molar-refractivity contribution in [1.82, 2.24) is 9.38 Å². The Morgan fingerprint density at radius 3 is 1.56 bits per heavy atom. The summed E-state index contributed by atoms with van der Waals surface area (Å²) in [6.07, 6.45) is 0. The molecule has 11 aromatic carbocycles. The molecule has 2 aromatic heterocycles. The van der Waals surface area contributed by atoms with Crippen LogP contribution in [0.15, 0.2) is 212 Å². The molecule has 0 bridgehead atoms. The number of hydrogen-bond acceptors (Lipinski definition) is 2. The zero-order chi connectivity index (χ0) is 40.2. The number of benzene rings is 11. The van der Waals surface area contributed by atoms with Gasteiger partial charge in [-0.2, -0.15) is 0 Å². The van der Waals surface area contributed by atoms with Gasteiger partial charge in [0.1, 0.15) is 5.65 Å². The van der Waals surface area contributed by atoms with E-state index >= 15 is 4.57 Å². The first-order valence-corrected chi connectivity index (χ1v) is 22.5. The van der Waals surface area contributed by atoms with Crippen LogP contribution >= 0.6 is 7.14 Å². The van der Waals surface area contributed by atoms with Crippen LogP contribution in [0.2, 0.25) is 0 Å². The van der Waals surface area contributed by atoms with Gasteiger partial charge in [0.05, 0.1) is 16.6 Å². The van der Waals surface area contributed by atoms with Crippen LogP contribution < -0.4 is 15.9 Å². The second-order valence-corrected chi connectivity index (χ2v) is 19.1. The lowest BCUT2D eigenvalue weighted by Gasteiger charge is -2.22. The summed E-state index contributed by atoms with van der Waals surface area (Å²) < 4.78 is 18.4. The number of nitrogens with zero attached hydrogens (tertiary/aromatic N) is 2. The van der Waals surface area contributed by atoms with Gasteiger partial charge in [0.25, 0.3) is 0 Å². The summed E-state index contributed by atoms with van der Waals surface area (Å²) in [6, 6.07) is 75.1. The highest BCUT2D eigenvalue weighted by Crippen LogP contribution is 2.45. The van der Waals surface area contributed by atoms with Gasteiger partial charge in [0.15, 0.2) is 7.14 Å². The zero-order valence-corrected chi connectivity index (χ0v) is 33.9. The largest absolute Gasteiger partial charge is 0.309 e. The van der Waals surface area contributed by atoms with E-state index in [0.29, 0.717) is 0 Å². The van der Waals surface area contributed by atoms with E-state index in [0.717, 1.165) is 86.9 Å². The van der Waals surface area contributed by atoms with Crippen LogP contribution in [0.1, 0.15) is 0 Å². The van der Waals surface area contributed by atoms with Crippen molar-refractivity contribution in [2.24, 2.45) is 0 Å². The molecule has 0 amide bonds. The topological polar surface area (TPSA) is 34.4 Å². The molecule has 13 rings (SSSR count). The van der Waals surface area contributed by atoms with Crippen LogP contribution in [0.4, 0.5) is 0 Å². The molecule has 0 saturated carbocycles. The minimum atomic E-state index is -3.30. The van der Waals surface area contributed by atoms with Crippen molar-refractivity contribution >= 4 is 115 Å². The average Bonchev–Trinajstić information content (AvgIpc) is 3.72. The number of hydrogen-bond donors (Lipinski definition) is 0. The predicted octanol–water partition coefficient (Wildman–Crippen LogP) is 13.9. The van der Waals surface area contributed by atoms with Crippen LogP contribution in [0.25, 0.3) is 103 Å². The quantitative estimate of drug-likeness (QED) is 0.101. The summed E-state index contributed by atoms with van der Waals surface area (Å²) in [5.41, 5.74) is 6.35. The van der Waals surface area contributed by atoms with Crippen molar-refractivity contribution in [3.05, 3.63) is 212 Å². The summed E-state index contributed by atoms with van der Waals surface area (Å²) in [6.45, 7) is 0. The van der Waals surface area contributed by atoms with E-state index in [-0.39, 0.29) is 0 Å². The summed E-state index contributed by atoms with van der Waals surface area (Å²) in [4.78, 5) is 5.44. The van der Waals surface area contributed by atoms with E-state index in [2.05, 4.69) is 192 Å². The van der Waals surface area contributed by atoms with Gasteiger partial charge in [0.2, 0.25) is 0 Å². The third-order valence-electron chi connectivity index (χ3n) is 12.9. The van der Waals surface area contributed by atoms with Gasteiger partial charge < -0.3 is 4.57 Å². The maximum Gasteiger partial charge on any atom is 0.171 e. The summed E-state index contributed by atoms with van der Waals surface area (Å²) in [5, 5.41) is 17.4. The molecule has 61 heavy (non-hydrogen) atoms. The molecule has 0 spiro atoms. The van der Waals surface area contributed by atoms with Gasteiger partial charge >= 0.3 is 0 Å². The monoisotopic (exact) mass is 794 g/mol. The first-order chi connectivity index (χ1) is 30.1. The van der Waals surface area contributed by atoms with Crippen molar-refractivity contribution in [3.63, 3.8) is 0 Å². The van der Waals surface area contributed by atoms with E-state index in [9.17, 15) is 0 Å². The molecule has 0 unspecified atom stereocenters. The van der Waals surface area contributed by atoms with E-state index in [1.807, 2.05) is 24.3 Å². The molecular formula is C57H35N2OP. The normalized spacial score (nSPS) is 12.3. The second-order valence-electron chi connectivity index (χ2n) is 16.3. The number of imidazole rings is 1. The van der Waals surface area contributed by atoms with Crippen LogP contribution in [0.3, 0.4) is 0 Å². The highest BCUT2D eigenvalue weighted by molar-refractivity contribution is 7.85. The average molecular weight is 795 g/mol. The Hall–Kier alpha value is -7.58. The molecule has 3 nitrogen and oxygen atoms in total. The van der Waals surface area contributed by atoms with Crippen LogP contribution in [-0.4, -0.2) is 9.38 Å². The molecule has 0 aliphatic heterocycles. The SMILES string of the molecule is O=P(c1ccc2ccccc2c1)(c1ccc2ccccc2c1)c1ccc2cc(-c3cccc4nc5c6c7ccccc7ccc6c6cc7ccccc7cc6n5c34)ccc2c1. The number of aromatic nitrogens is 2. The summed E-state index contributed by atoms with van der Waals surface area (Å²) in [5.74, 6) is 0. The lowest BCUT2D eigenvalue weighted by atomic mass is 9.97. The first kappa shape index (κ1) is 34.3. The standard InChI is InChI=1S/C57H35N2OP/c60-61(46-26-22-36-10-1-3-13-39(36)31-46,47-27-23-37-11-2-4-14-40(37)32-47)48-28-24-43-30-45(21-20-44(43)33-48)50-18-9-19-53-56(50)59-54-35-42-16-6-5-15-41(42)34-52(54)51-29-25-38-12-7-8-17-49(38)55(51)57(59)58-53/h1-35H. The van der Waals surface area contributed by atoms with Crippen molar-refractivity contribution in [2.75, 3.05) is 0 Å². The maximum absolute atomic E-state index is 16.0. The molecule has 0 aliphatic rings. The molecule has 13 aromatic rings. The Balaban J connectivity index is 1.03. The van der Waals surface area contributed by atoms with Gasteiger partial charge in [-0.1, -0.05) is 170 Å². The summed E-state index contributed by atoms with van der Waals surface area (Å²) in [7, 11) is -3.30. The number of para-hydroxylation sites is 1. The minimum absolute atomic E-state index is 0.819. The maximum atomic E-state index is 16.0. The number of fused-ring (bicyclic) bond motifs is 14. The van der Waals surface area contributed by atoms with Crippen LogP contribution in [-0.2, 0) is 4.57 Å².